The summed E-state index contributed by atoms with van der Waals surface area (Å²) in [6, 6.07) is 5.13. The van der Waals surface area contributed by atoms with E-state index >= 15 is 0 Å². The third-order valence-corrected chi connectivity index (χ3v) is 5.01. The molecule has 5 heteroatoms. The van der Waals surface area contributed by atoms with Crippen LogP contribution >= 0.6 is 11.6 Å². The molecule has 0 unspecified atom stereocenters. The minimum Gasteiger partial charge on any atom is -0.352 e. The molecule has 1 aromatic carbocycles. The molecule has 1 aromatic rings. The maximum Gasteiger partial charge on any atom is 0.251 e. The largest absolute Gasteiger partial charge is 0.352 e. The number of benzene rings is 1. The molecule has 1 N–H and O–H groups in total. The van der Waals surface area contributed by atoms with Crippen LogP contribution in [0.25, 0.3) is 0 Å². The van der Waals surface area contributed by atoms with Gasteiger partial charge in [-0.3, -0.25) is 9.59 Å². The summed E-state index contributed by atoms with van der Waals surface area (Å²) < 4.78 is 0. The maximum absolute atomic E-state index is 12.4. The van der Waals surface area contributed by atoms with Crippen molar-refractivity contribution >= 4 is 29.1 Å². The SMILES string of the molecule is O=C(NCCC1=CCCCC1)c1ccc(Cl)c(N2CCCC2=O)c1. The molecule has 1 saturated heterocycles. The van der Waals surface area contributed by atoms with Crippen molar-refractivity contribution in [3.63, 3.8) is 0 Å². The van der Waals surface area contributed by atoms with Crippen LogP contribution in [-0.4, -0.2) is 24.9 Å². The fourth-order valence-electron chi connectivity index (χ4n) is 3.33. The lowest BCUT2D eigenvalue weighted by Crippen LogP contribution is -2.27. The van der Waals surface area contributed by atoms with Gasteiger partial charge in [-0.25, -0.2) is 0 Å². The summed E-state index contributed by atoms with van der Waals surface area (Å²) in [5.41, 5.74) is 2.63. The summed E-state index contributed by atoms with van der Waals surface area (Å²) >= 11 is 6.22. The smallest absolute Gasteiger partial charge is 0.251 e. The number of allylic oxidation sites excluding steroid dienone is 1. The zero-order valence-corrected chi connectivity index (χ0v) is 14.6. The molecule has 0 atom stereocenters. The number of halogens is 1. The number of carbonyl (C=O) groups is 2. The molecule has 2 aliphatic rings. The Balaban J connectivity index is 1.62. The first-order valence-electron chi connectivity index (χ1n) is 8.71. The number of amides is 2. The van der Waals surface area contributed by atoms with Gasteiger partial charge in [-0.1, -0.05) is 23.3 Å². The van der Waals surface area contributed by atoms with Crippen molar-refractivity contribution in [2.75, 3.05) is 18.0 Å². The fourth-order valence-corrected chi connectivity index (χ4v) is 3.55. The Bertz CT molecular complexity index is 669. The Kier molecular flexibility index (Phi) is 5.56. The highest BCUT2D eigenvalue weighted by Gasteiger charge is 2.24. The van der Waals surface area contributed by atoms with Crippen molar-refractivity contribution in [3.05, 3.63) is 40.4 Å². The lowest BCUT2D eigenvalue weighted by atomic mass is 9.97. The molecule has 0 bridgehead atoms. The van der Waals surface area contributed by atoms with Gasteiger partial charge in [-0.05, 0) is 56.7 Å². The molecule has 0 radical (unpaired) electrons. The number of hydrogen-bond donors (Lipinski definition) is 1. The molecular weight excluding hydrogens is 324 g/mol. The molecule has 3 rings (SSSR count). The summed E-state index contributed by atoms with van der Waals surface area (Å²) in [7, 11) is 0. The molecule has 1 fully saturated rings. The monoisotopic (exact) mass is 346 g/mol. The molecule has 0 spiro atoms. The number of anilines is 1. The van der Waals surface area contributed by atoms with Gasteiger partial charge in [0, 0.05) is 25.1 Å². The minimum absolute atomic E-state index is 0.0682. The number of carbonyl (C=O) groups excluding carboxylic acids is 2. The summed E-state index contributed by atoms with van der Waals surface area (Å²) in [4.78, 5) is 26.0. The summed E-state index contributed by atoms with van der Waals surface area (Å²) in [5, 5.41) is 3.48. The molecule has 0 saturated carbocycles. The second-order valence-electron chi connectivity index (χ2n) is 6.43. The normalized spacial score (nSPS) is 17.8. The quantitative estimate of drug-likeness (QED) is 0.816. The van der Waals surface area contributed by atoms with Crippen molar-refractivity contribution in [3.8, 4) is 0 Å². The van der Waals surface area contributed by atoms with Crippen LogP contribution in [0.15, 0.2) is 29.8 Å². The maximum atomic E-state index is 12.4. The summed E-state index contributed by atoms with van der Waals surface area (Å²) in [6.45, 7) is 1.31. The first-order valence-corrected chi connectivity index (χ1v) is 9.09. The van der Waals surface area contributed by atoms with E-state index in [0.29, 0.717) is 35.8 Å². The Morgan fingerprint density at radius 2 is 2.08 bits per heavy atom. The van der Waals surface area contributed by atoms with E-state index in [9.17, 15) is 9.59 Å². The highest BCUT2D eigenvalue weighted by atomic mass is 35.5. The summed E-state index contributed by atoms with van der Waals surface area (Å²) in [5.74, 6) is -0.0466. The average Bonchev–Trinajstić information content (AvgIpc) is 3.02. The highest BCUT2D eigenvalue weighted by Crippen LogP contribution is 2.30. The van der Waals surface area contributed by atoms with Crippen LogP contribution in [0, 0.1) is 0 Å². The molecule has 128 valence electrons. The lowest BCUT2D eigenvalue weighted by Gasteiger charge is -2.18. The zero-order valence-electron chi connectivity index (χ0n) is 13.8. The Hall–Kier alpha value is -1.81. The van der Waals surface area contributed by atoms with Gasteiger partial charge in [0.2, 0.25) is 5.91 Å². The van der Waals surface area contributed by atoms with Crippen molar-refractivity contribution in [1.82, 2.24) is 5.32 Å². The first-order chi connectivity index (χ1) is 11.6. The van der Waals surface area contributed by atoms with E-state index in [2.05, 4.69) is 11.4 Å². The molecular formula is C19H23ClN2O2. The van der Waals surface area contributed by atoms with Gasteiger partial charge in [0.25, 0.3) is 5.91 Å². The number of rotatable bonds is 5. The van der Waals surface area contributed by atoms with E-state index < -0.39 is 0 Å². The number of nitrogens with zero attached hydrogens (tertiary/aromatic N) is 1. The molecule has 2 amide bonds. The molecule has 1 heterocycles. The van der Waals surface area contributed by atoms with Crippen molar-refractivity contribution < 1.29 is 9.59 Å². The predicted molar refractivity (Wildman–Crippen MR) is 96.5 cm³/mol. The topological polar surface area (TPSA) is 49.4 Å². The predicted octanol–water partition coefficient (Wildman–Crippen LogP) is 4.09. The van der Waals surface area contributed by atoms with Crippen LogP contribution in [0.2, 0.25) is 5.02 Å². The van der Waals surface area contributed by atoms with Crippen molar-refractivity contribution in [2.24, 2.45) is 0 Å². The van der Waals surface area contributed by atoms with Crippen LogP contribution in [0.4, 0.5) is 5.69 Å². The van der Waals surface area contributed by atoms with E-state index in [1.54, 1.807) is 23.1 Å². The molecule has 1 aliphatic carbocycles. The van der Waals surface area contributed by atoms with E-state index in [4.69, 9.17) is 11.6 Å². The van der Waals surface area contributed by atoms with Gasteiger partial charge in [-0.15, -0.1) is 0 Å². The Morgan fingerprint density at radius 3 is 2.79 bits per heavy atom. The molecule has 24 heavy (non-hydrogen) atoms. The second kappa shape index (κ2) is 7.84. The van der Waals surface area contributed by atoms with Gasteiger partial charge < -0.3 is 10.2 Å². The highest BCUT2D eigenvalue weighted by molar-refractivity contribution is 6.34. The minimum atomic E-state index is -0.115. The second-order valence-corrected chi connectivity index (χ2v) is 6.84. The first kappa shape index (κ1) is 17.0. The van der Waals surface area contributed by atoms with E-state index in [0.717, 1.165) is 25.7 Å². The van der Waals surface area contributed by atoms with Crippen LogP contribution in [0.5, 0.6) is 0 Å². The number of hydrogen-bond acceptors (Lipinski definition) is 2. The van der Waals surface area contributed by atoms with E-state index in [1.807, 2.05) is 0 Å². The van der Waals surface area contributed by atoms with Crippen LogP contribution in [0.1, 0.15) is 55.3 Å². The van der Waals surface area contributed by atoms with Gasteiger partial charge in [0.15, 0.2) is 0 Å². The van der Waals surface area contributed by atoms with Gasteiger partial charge in [0.1, 0.15) is 0 Å². The van der Waals surface area contributed by atoms with Gasteiger partial charge in [-0.2, -0.15) is 0 Å². The molecule has 4 nitrogen and oxygen atoms in total. The van der Waals surface area contributed by atoms with Crippen LogP contribution in [-0.2, 0) is 4.79 Å². The van der Waals surface area contributed by atoms with E-state index in [1.165, 1.54) is 18.4 Å². The summed E-state index contributed by atoms with van der Waals surface area (Å²) in [6.07, 6.45) is 9.43. The Morgan fingerprint density at radius 1 is 1.21 bits per heavy atom. The lowest BCUT2D eigenvalue weighted by molar-refractivity contribution is -0.117. The third kappa shape index (κ3) is 3.99. The third-order valence-electron chi connectivity index (χ3n) is 4.69. The average molecular weight is 347 g/mol. The Labute approximate surface area is 147 Å². The van der Waals surface area contributed by atoms with Crippen LogP contribution < -0.4 is 10.2 Å². The van der Waals surface area contributed by atoms with Gasteiger partial charge >= 0.3 is 0 Å². The molecule has 0 aromatic heterocycles. The zero-order chi connectivity index (χ0) is 16.9. The van der Waals surface area contributed by atoms with Crippen molar-refractivity contribution in [1.29, 1.82) is 0 Å². The van der Waals surface area contributed by atoms with Crippen molar-refractivity contribution in [2.45, 2.75) is 44.9 Å². The number of nitrogens with one attached hydrogen (secondary N) is 1. The van der Waals surface area contributed by atoms with Crippen LogP contribution in [0.3, 0.4) is 0 Å². The standard InChI is InChI=1S/C19H23ClN2O2/c20-16-9-8-15(13-17(16)22-12-4-7-18(22)23)19(24)21-11-10-14-5-2-1-3-6-14/h5,8-9,13H,1-4,6-7,10-12H2,(H,21,24). The van der Waals surface area contributed by atoms with Gasteiger partial charge in [0.05, 0.1) is 10.7 Å². The molecule has 1 aliphatic heterocycles. The van der Waals surface area contributed by atoms with E-state index in [-0.39, 0.29) is 11.8 Å². The fraction of sp³-hybridized carbons (Fsp3) is 0.474.